The highest BCUT2D eigenvalue weighted by molar-refractivity contribution is 5.77. The van der Waals surface area contributed by atoms with E-state index in [9.17, 15) is 9.90 Å². The summed E-state index contributed by atoms with van der Waals surface area (Å²) in [6, 6.07) is 0. The Morgan fingerprint density at radius 2 is 2.07 bits per heavy atom. The number of rotatable bonds is 5. The summed E-state index contributed by atoms with van der Waals surface area (Å²) >= 11 is 0. The van der Waals surface area contributed by atoms with Gasteiger partial charge in [0, 0.05) is 13.1 Å². The van der Waals surface area contributed by atoms with Crippen molar-refractivity contribution in [1.29, 1.82) is 0 Å². The van der Waals surface area contributed by atoms with E-state index in [4.69, 9.17) is 0 Å². The van der Waals surface area contributed by atoms with E-state index < -0.39 is 5.60 Å². The number of amides is 1. The lowest BCUT2D eigenvalue weighted by Gasteiger charge is -2.28. The predicted molar refractivity (Wildman–Crippen MR) is 59.6 cm³/mol. The van der Waals surface area contributed by atoms with Gasteiger partial charge in [0.05, 0.1) is 12.1 Å². The van der Waals surface area contributed by atoms with Gasteiger partial charge in [0.1, 0.15) is 0 Å². The first-order chi connectivity index (χ1) is 7.06. The SMILES string of the molecule is CCNC(=O)CN(C)CC1(O)CCCC1. The molecule has 0 aromatic rings. The lowest BCUT2D eigenvalue weighted by molar-refractivity contribution is -0.122. The molecule has 4 nitrogen and oxygen atoms in total. The topological polar surface area (TPSA) is 52.6 Å². The number of hydrogen-bond donors (Lipinski definition) is 2. The van der Waals surface area contributed by atoms with E-state index in [1.165, 1.54) is 0 Å². The molecule has 1 aliphatic rings. The smallest absolute Gasteiger partial charge is 0.234 e. The van der Waals surface area contributed by atoms with Gasteiger partial charge >= 0.3 is 0 Å². The van der Waals surface area contributed by atoms with E-state index in [0.29, 0.717) is 19.6 Å². The maximum atomic E-state index is 11.3. The van der Waals surface area contributed by atoms with Crippen molar-refractivity contribution in [2.45, 2.75) is 38.2 Å². The van der Waals surface area contributed by atoms with Crippen LogP contribution in [0.1, 0.15) is 32.6 Å². The Balaban J connectivity index is 2.28. The van der Waals surface area contributed by atoms with Crippen LogP contribution in [0.15, 0.2) is 0 Å². The summed E-state index contributed by atoms with van der Waals surface area (Å²) in [6.45, 7) is 3.54. The van der Waals surface area contributed by atoms with Gasteiger partial charge in [-0.25, -0.2) is 0 Å². The lowest BCUT2D eigenvalue weighted by atomic mass is 10.0. The van der Waals surface area contributed by atoms with Crippen LogP contribution in [-0.4, -0.2) is 48.2 Å². The lowest BCUT2D eigenvalue weighted by Crippen LogP contribution is -2.43. The average molecular weight is 214 g/mol. The van der Waals surface area contributed by atoms with Crippen molar-refractivity contribution in [3.05, 3.63) is 0 Å². The van der Waals surface area contributed by atoms with E-state index in [0.717, 1.165) is 25.7 Å². The molecule has 0 aromatic carbocycles. The van der Waals surface area contributed by atoms with E-state index in [2.05, 4.69) is 5.32 Å². The summed E-state index contributed by atoms with van der Waals surface area (Å²) in [6.07, 6.45) is 3.94. The fourth-order valence-corrected chi connectivity index (χ4v) is 2.25. The second kappa shape index (κ2) is 5.47. The zero-order valence-electron chi connectivity index (χ0n) is 9.75. The van der Waals surface area contributed by atoms with Crippen LogP contribution in [-0.2, 0) is 4.79 Å². The Morgan fingerprint density at radius 3 is 2.60 bits per heavy atom. The van der Waals surface area contributed by atoms with Gasteiger partial charge < -0.3 is 10.4 Å². The Kier molecular flexibility index (Phi) is 4.54. The van der Waals surface area contributed by atoms with Crippen molar-refractivity contribution >= 4 is 5.91 Å². The van der Waals surface area contributed by atoms with E-state index in [1.807, 2.05) is 18.9 Å². The van der Waals surface area contributed by atoms with Crippen molar-refractivity contribution < 1.29 is 9.90 Å². The van der Waals surface area contributed by atoms with E-state index in [1.54, 1.807) is 0 Å². The number of carbonyl (C=O) groups excluding carboxylic acids is 1. The highest BCUT2D eigenvalue weighted by atomic mass is 16.3. The van der Waals surface area contributed by atoms with Gasteiger partial charge in [0.15, 0.2) is 0 Å². The summed E-state index contributed by atoms with van der Waals surface area (Å²) in [4.78, 5) is 13.2. The zero-order valence-corrected chi connectivity index (χ0v) is 9.75. The molecule has 1 fully saturated rings. The van der Waals surface area contributed by atoms with Crippen molar-refractivity contribution in [2.75, 3.05) is 26.7 Å². The molecule has 1 amide bonds. The molecular weight excluding hydrogens is 192 g/mol. The van der Waals surface area contributed by atoms with Gasteiger partial charge in [0.25, 0.3) is 0 Å². The normalized spacial score (nSPS) is 19.5. The molecular formula is C11H22N2O2. The minimum atomic E-state index is -0.554. The maximum Gasteiger partial charge on any atom is 0.234 e. The summed E-state index contributed by atoms with van der Waals surface area (Å²) in [5, 5.41) is 12.9. The summed E-state index contributed by atoms with van der Waals surface area (Å²) in [5.74, 6) is 0.0293. The number of aliphatic hydroxyl groups is 1. The third-order valence-corrected chi connectivity index (χ3v) is 2.89. The molecule has 0 spiro atoms. The Bertz CT molecular complexity index is 213. The number of nitrogens with zero attached hydrogens (tertiary/aromatic N) is 1. The predicted octanol–water partition coefficient (Wildman–Crippen LogP) is 0.359. The van der Waals surface area contributed by atoms with Crippen LogP contribution in [0.3, 0.4) is 0 Å². The molecule has 0 aliphatic heterocycles. The Hall–Kier alpha value is -0.610. The largest absolute Gasteiger partial charge is 0.389 e. The Morgan fingerprint density at radius 1 is 1.47 bits per heavy atom. The van der Waals surface area contributed by atoms with Crippen LogP contribution in [0.5, 0.6) is 0 Å². The molecule has 1 aliphatic carbocycles. The van der Waals surface area contributed by atoms with Crippen LogP contribution < -0.4 is 5.32 Å². The summed E-state index contributed by atoms with van der Waals surface area (Å²) < 4.78 is 0. The first kappa shape index (κ1) is 12.5. The standard InChI is InChI=1S/C11H22N2O2/c1-3-12-10(14)8-13(2)9-11(15)6-4-5-7-11/h15H,3-9H2,1-2H3,(H,12,14). The highest BCUT2D eigenvalue weighted by Gasteiger charge is 2.32. The molecule has 0 unspecified atom stereocenters. The second-order valence-electron chi connectivity index (χ2n) is 4.56. The minimum Gasteiger partial charge on any atom is -0.389 e. The van der Waals surface area contributed by atoms with Gasteiger partial charge in [0.2, 0.25) is 5.91 Å². The second-order valence-corrected chi connectivity index (χ2v) is 4.56. The summed E-state index contributed by atoms with van der Waals surface area (Å²) in [5.41, 5.74) is -0.554. The molecule has 0 heterocycles. The van der Waals surface area contributed by atoms with Gasteiger partial charge in [-0.1, -0.05) is 12.8 Å². The third kappa shape index (κ3) is 4.18. The van der Waals surface area contributed by atoms with Crippen molar-refractivity contribution in [3.63, 3.8) is 0 Å². The molecule has 0 radical (unpaired) electrons. The average Bonchev–Trinajstić information content (AvgIpc) is 2.51. The van der Waals surface area contributed by atoms with Gasteiger partial charge in [-0.05, 0) is 26.8 Å². The molecule has 4 heteroatoms. The van der Waals surface area contributed by atoms with Crippen molar-refractivity contribution in [1.82, 2.24) is 10.2 Å². The molecule has 0 atom stereocenters. The number of likely N-dealkylation sites (N-methyl/N-ethyl adjacent to an activating group) is 2. The molecule has 0 aromatic heterocycles. The first-order valence-corrected chi connectivity index (χ1v) is 5.73. The number of carbonyl (C=O) groups is 1. The molecule has 0 saturated heterocycles. The van der Waals surface area contributed by atoms with Gasteiger partial charge in [-0.3, -0.25) is 9.69 Å². The molecule has 1 rings (SSSR count). The zero-order chi connectivity index (χ0) is 11.3. The Labute approximate surface area is 91.6 Å². The molecule has 88 valence electrons. The number of hydrogen-bond acceptors (Lipinski definition) is 3. The molecule has 15 heavy (non-hydrogen) atoms. The van der Waals surface area contributed by atoms with E-state index in [-0.39, 0.29) is 5.91 Å². The molecule has 0 bridgehead atoms. The van der Waals surface area contributed by atoms with Gasteiger partial charge in [-0.2, -0.15) is 0 Å². The molecule has 1 saturated carbocycles. The fourth-order valence-electron chi connectivity index (χ4n) is 2.25. The number of nitrogens with one attached hydrogen (secondary N) is 1. The third-order valence-electron chi connectivity index (χ3n) is 2.89. The monoisotopic (exact) mass is 214 g/mol. The van der Waals surface area contributed by atoms with Crippen LogP contribution in [0.4, 0.5) is 0 Å². The van der Waals surface area contributed by atoms with Crippen LogP contribution >= 0.6 is 0 Å². The van der Waals surface area contributed by atoms with Crippen LogP contribution in [0.2, 0.25) is 0 Å². The summed E-state index contributed by atoms with van der Waals surface area (Å²) in [7, 11) is 1.88. The minimum absolute atomic E-state index is 0.0293. The first-order valence-electron chi connectivity index (χ1n) is 5.73. The van der Waals surface area contributed by atoms with Crippen LogP contribution in [0.25, 0.3) is 0 Å². The quantitative estimate of drug-likeness (QED) is 0.695. The fraction of sp³-hybridized carbons (Fsp3) is 0.909. The van der Waals surface area contributed by atoms with Crippen molar-refractivity contribution in [2.24, 2.45) is 0 Å². The van der Waals surface area contributed by atoms with Gasteiger partial charge in [-0.15, -0.1) is 0 Å². The maximum absolute atomic E-state index is 11.3. The van der Waals surface area contributed by atoms with E-state index >= 15 is 0 Å². The highest BCUT2D eigenvalue weighted by Crippen LogP contribution is 2.29. The van der Waals surface area contributed by atoms with Crippen molar-refractivity contribution in [3.8, 4) is 0 Å². The molecule has 2 N–H and O–H groups in total. The van der Waals surface area contributed by atoms with Crippen LogP contribution in [0, 0.1) is 0 Å².